The van der Waals surface area contributed by atoms with Crippen molar-refractivity contribution in [3.8, 4) is 11.5 Å². The first-order chi connectivity index (χ1) is 15.8. The molecule has 180 valence electrons. The summed E-state index contributed by atoms with van der Waals surface area (Å²) >= 11 is 6.24. The molecule has 7 heteroatoms. The largest absolute Gasteiger partial charge is 0.497 e. The van der Waals surface area contributed by atoms with Crippen LogP contribution >= 0.6 is 11.6 Å². The molecule has 2 amide bonds. The molecule has 2 rings (SSSR count). The van der Waals surface area contributed by atoms with E-state index >= 15 is 0 Å². The first-order valence-corrected chi connectivity index (χ1v) is 11.8. The third-order valence-electron chi connectivity index (χ3n) is 5.50. The van der Waals surface area contributed by atoms with Gasteiger partial charge >= 0.3 is 0 Å². The number of carbonyl (C=O) groups is 2. The Kier molecular flexibility index (Phi) is 10.5. The topological polar surface area (TPSA) is 67.9 Å². The average Bonchev–Trinajstić information content (AvgIpc) is 2.81. The van der Waals surface area contributed by atoms with Crippen LogP contribution in [-0.4, -0.2) is 43.0 Å². The molecule has 1 unspecified atom stereocenters. The number of ether oxygens (including phenoxy) is 2. The van der Waals surface area contributed by atoms with Gasteiger partial charge in [-0.05, 0) is 67.6 Å². The van der Waals surface area contributed by atoms with Crippen LogP contribution in [-0.2, 0) is 16.1 Å². The molecule has 0 radical (unpaired) electrons. The lowest BCUT2D eigenvalue weighted by Crippen LogP contribution is -2.50. The van der Waals surface area contributed by atoms with E-state index in [9.17, 15) is 9.59 Å². The fourth-order valence-electron chi connectivity index (χ4n) is 3.57. The molecule has 0 aliphatic heterocycles. The van der Waals surface area contributed by atoms with Crippen LogP contribution in [0.2, 0.25) is 5.02 Å². The van der Waals surface area contributed by atoms with E-state index in [0.717, 1.165) is 35.3 Å². The number of nitrogens with one attached hydrogen (secondary N) is 1. The lowest BCUT2D eigenvalue weighted by Gasteiger charge is -2.30. The average molecular weight is 475 g/mol. The van der Waals surface area contributed by atoms with Crippen LogP contribution in [0, 0.1) is 13.8 Å². The normalized spacial score (nSPS) is 11.6. The van der Waals surface area contributed by atoms with Crippen molar-refractivity contribution in [3.63, 3.8) is 0 Å². The maximum Gasteiger partial charge on any atom is 0.261 e. The van der Waals surface area contributed by atoms with E-state index in [1.54, 1.807) is 12.0 Å². The molecule has 0 aliphatic carbocycles. The van der Waals surface area contributed by atoms with Crippen LogP contribution in [0.4, 0.5) is 0 Å². The van der Waals surface area contributed by atoms with Gasteiger partial charge in [-0.1, -0.05) is 44.0 Å². The minimum Gasteiger partial charge on any atom is -0.497 e. The molecular weight excluding hydrogens is 440 g/mol. The van der Waals surface area contributed by atoms with Gasteiger partial charge in [-0.15, -0.1) is 0 Å². The Morgan fingerprint density at radius 3 is 2.24 bits per heavy atom. The zero-order chi connectivity index (χ0) is 24.4. The Balaban J connectivity index is 2.21. The highest BCUT2D eigenvalue weighted by atomic mass is 35.5. The molecule has 0 saturated heterocycles. The molecule has 0 spiro atoms. The van der Waals surface area contributed by atoms with Crippen molar-refractivity contribution < 1.29 is 19.1 Å². The summed E-state index contributed by atoms with van der Waals surface area (Å²) in [5, 5.41) is 3.65. The summed E-state index contributed by atoms with van der Waals surface area (Å²) in [5.41, 5.74) is 2.68. The van der Waals surface area contributed by atoms with Crippen molar-refractivity contribution >= 4 is 23.4 Å². The van der Waals surface area contributed by atoms with Gasteiger partial charge in [-0.2, -0.15) is 0 Å². The number of hydrogen-bond donors (Lipinski definition) is 1. The number of nitrogens with zero attached hydrogens (tertiary/aromatic N) is 1. The highest BCUT2D eigenvalue weighted by molar-refractivity contribution is 6.32. The van der Waals surface area contributed by atoms with Crippen molar-refractivity contribution in [2.45, 2.75) is 59.5 Å². The third-order valence-corrected chi connectivity index (χ3v) is 6.10. The van der Waals surface area contributed by atoms with Crippen molar-refractivity contribution in [2.24, 2.45) is 0 Å². The Bertz CT molecular complexity index is 907. The number of rotatable bonds is 12. The minimum absolute atomic E-state index is 0.147. The van der Waals surface area contributed by atoms with Crippen molar-refractivity contribution in [3.05, 3.63) is 58.1 Å². The Morgan fingerprint density at radius 1 is 1.06 bits per heavy atom. The van der Waals surface area contributed by atoms with E-state index < -0.39 is 6.04 Å². The van der Waals surface area contributed by atoms with E-state index in [4.69, 9.17) is 21.1 Å². The smallest absolute Gasteiger partial charge is 0.261 e. The molecule has 0 aromatic heterocycles. The van der Waals surface area contributed by atoms with Gasteiger partial charge in [0.2, 0.25) is 5.91 Å². The molecule has 6 nitrogen and oxygen atoms in total. The predicted molar refractivity (Wildman–Crippen MR) is 132 cm³/mol. The summed E-state index contributed by atoms with van der Waals surface area (Å²) < 4.78 is 11.0. The first kappa shape index (κ1) is 26.5. The molecule has 1 atom stereocenters. The van der Waals surface area contributed by atoms with E-state index in [0.29, 0.717) is 30.3 Å². The molecule has 2 aromatic rings. The summed E-state index contributed by atoms with van der Waals surface area (Å²) in [4.78, 5) is 27.8. The second-order valence-electron chi connectivity index (χ2n) is 8.10. The van der Waals surface area contributed by atoms with Crippen LogP contribution in [0.15, 0.2) is 36.4 Å². The van der Waals surface area contributed by atoms with Crippen molar-refractivity contribution in [1.82, 2.24) is 10.2 Å². The molecule has 1 N–H and O–H groups in total. The van der Waals surface area contributed by atoms with Gasteiger partial charge < -0.3 is 19.7 Å². The molecular formula is C26H35ClN2O4. The Morgan fingerprint density at radius 2 is 1.70 bits per heavy atom. The summed E-state index contributed by atoms with van der Waals surface area (Å²) in [6.07, 6.45) is 2.38. The van der Waals surface area contributed by atoms with Gasteiger partial charge in [-0.3, -0.25) is 9.59 Å². The lowest BCUT2D eigenvalue weighted by atomic mass is 10.1. The lowest BCUT2D eigenvalue weighted by molar-refractivity contribution is -0.143. The SMILES string of the molecule is CCCCNC(=O)C(CC)N(Cc1ccc(OC)cc1)C(=O)COc1cc(C)c(Cl)c(C)c1. The van der Waals surface area contributed by atoms with E-state index in [1.165, 1.54) is 0 Å². The van der Waals surface area contributed by atoms with Gasteiger partial charge in [-0.25, -0.2) is 0 Å². The molecule has 0 saturated carbocycles. The van der Waals surface area contributed by atoms with E-state index in [2.05, 4.69) is 12.2 Å². The van der Waals surface area contributed by atoms with Crippen LogP contribution < -0.4 is 14.8 Å². The third kappa shape index (κ3) is 7.67. The fraction of sp³-hybridized carbons (Fsp3) is 0.462. The van der Waals surface area contributed by atoms with Crippen LogP contribution in [0.5, 0.6) is 11.5 Å². The van der Waals surface area contributed by atoms with E-state index in [-0.39, 0.29) is 18.4 Å². The number of amides is 2. The standard InChI is InChI=1S/C26H35ClN2O4/c1-6-8-13-28-26(31)23(7-2)29(16-20-9-11-21(32-5)12-10-20)24(30)17-33-22-14-18(3)25(27)19(4)15-22/h9-12,14-15,23H,6-8,13,16-17H2,1-5H3,(H,28,31). The molecule has 33 heavy (non-hydrogen) atoms. The van der Waals surface area contributed by atoms with Gasteiger partial charge in [0, 0.05) is 18.1 Å². The maximum atomic E-state index is 13.3. The van der Waals surface area contributed by atoms with Gasteiger partial charge in [0.25, 0.3) is 5.91 Å². The van der Waals surface area contributed by atoms with Crippen molar-refractivity contribution in [1.29, 1.82) is 0 Å². The fourth-order valence-corrected chi connectivity index (χ4v) is 3.68. The minimum atomic E-state index is -0.589. The molecule has 0 heterocycles. The van der Waals surface area contributed by atoms with Gasteiger partial charge in [0.1, 0.15) is 17.5 Å². The van der Waals surface area contributed by atoms with Crippen molar-refractivity contribution in [2.75, 3.05) is 20.3 Å². The number of aryl methyl sites for hydroxylation is 2. The number of carbonyl (C=O) groups excluding carboxylic acids is 2. The summed E-state index contributed by atoms with van der Waals surface area (Å²) in [7, 11) is 1.61. The molecule has 0 fully saturated rings. The summed E-state index contributed by atoms with van der Waals surface area (Å²) in [6, 6.07) is 10.5. The zero-order valence-corrected chi connectivity index (χ0v) is 21.0. The number of halogens is 1. The number of benzene rings is 2. The Labute approximate surface area is 202 Å². The molecule has 0 bridgehead atoms. The summed E-state index contributed by atoms with van der Waals surface area (Å²) in [6.45, 7) is 8.49. The monoisotopic (exact) mass is 474 g/mol. The van der Waals surface area contributed by atoms with E-state index in [1.807, 2.05) is 57.2 Å². The van der Waals surface area contributed by atoms with Crippen LogP contribution in [0.25, 0.3) is 0 Å². The number of hydrogen-bond acceptors (Lipinski definition) is 4. The quantitative estimate of drug-likeness (QED) is 0.436. The first-order valence-electron chi connectivity index (χ1n) is 11.4. The zero-order valence-electron chi connectivity index (χ0n) is 20.2. The number of methoxy groups -OCH3 is 1. The second kappa shape index (κ2) is 13.1. The number of unbranched alkanes of at least 4 members (excludes halogenated alkanes) is 1. The Hall–Kier alpha value is -2.73. The highest BCUT2D eigenvalue weighted by Crippen LogP contribution is 2.26. The molecule has 2 aromatic carbocycles. The van der Waals surface area contributed by atoms with Crippen LogP contribution in [0.1, 0.15) is 49.8 Å². The highest BCUT2D eigenvalue weighted by Gasteiger charge is 2.28. The molecule has 0 aliphatic rings. The van der Waals surface area contributed by atoms with Gasteiger partial charge in [0.15, 0.2) is 6.61 Å². The predicted octanol–water partition coefficient (Wildman–Crippen LogP) is 5.07. The second-order valence-corrected chi connectivity index (χ2v) is 8.48. The summed E-state index contributed by atoms with van der Waals surface area (Å²) in [5.74, 6) is 0.907. The van der Waals surface area contributed by atoms with Gasteiger partial charge in [0.05, 0.1) is 7.11 Å². The van der Waals surface area contributed by atoms with Crippen LogP contribution in [0.3, 0.4) is 0 Å². The maximum absolute atomic E-state index is 13.3.